The Labute approximate surface area is 156 Å². The van der Waals surface area contributed by atoms with Crippen LogP contribution in [0.5, 0.6) is 5.75 Å². The van der Waals surface area contributed by atoms with Gasteiger partial charge in [0.05, 0.1) is 5.56 Å². The quantitative estimate of drug-likeness (QED) is 0.509. The molecule has 6 heteroatoms. The zero-order valence-corrected chi connectivity index (χ0v) is 14.9. The summed E-state index contributed by atoms with van der Waals surface area (Å²) in [6.45, 7) is 0. The highest BCUT2D eigenvalue weighted by atomic mass is 32.2. The minimum Gasteiger partial charge on any atom is -0.381 e. The summed E-state index contributed by atoms with van der Waals surface area (Å²) in [4.78, 5) is 25.6. The first-order valence-corrected chi connectivity index (χ1v) is 9.81. The number of carbonyl (C=O) groups excluding carboxylic acids is 2. The van der Waals surface area contributed by atoms with Crippen molar-refractivity contribution >= 4 is 21.7 Å². The molecular formula is C21H14O5S. The summed E-state index contributed by atoms with van der Waals surface area (Å²) in [5, 5.41) is 0. The maximum atomic E-state index is 12.9. The lowest BCUT2D eigenvalue weighted by molar-refractivity contribution is 0.0977. The van der Waals surface area contributed by atoms with Gasteiger partial charge in [-0.05, 0) is 11.6 Å². The Morgan fingerprint density at radius 2 is 1.26 bits per heavy atom. The van der Waals surface area contributed by atoms with E-state index in [9.17, 15) is 18.0 Å². The Kier molecular flexibility index (Phi) is 4.12. The average molecular weight is 378 g/mol. The van der Waals surface area contributed by atoms with Crippen LogP contribution in [0.4, 0.5) is 0 Å². The Balaban J connectivity index is 1.74. The van der Waals surface area contributed by atoms with Crippen LogP contribution in [0.15, 0.2) is 72.8 Å². The smallest absolute Gasteiger partial charge is 0.313 e. The van der Waals surface area contributed by atoms with Gasteiger partial charge in [-0.1, -0.05) is 66.7 Å². The second kappa shape index (κ2) is 6.48. The number of benzene rings is 3. The SMILES string of the molecule is O=C1c2ccccc2C(=O)c2c(OS(=O)(=O)Cc3ccccc3)cccc21. The molecule has 0 aliphatic heterocycles. The van der Waals surface area contributed by atoms with Crippen molar-refractivity contribution in [2.45, 2.75) is 5.75 Å². The number of carbonyl (C=O) groups is 2. The molecule has 0 saturated heterocycles. The molecule has 5 nitrogen and oxygen atoms in total. The van der Waals surface area contributed by atoms with E-state index in [2.05, 4.69) is 0 Å². The molecular weight excluding hydrogens is 364 g/mol. The zero-order chi connectivity index (χ0) is 19.0. The number of hydrogen-bond donors (Lipinski definition) is 0. The molecule has 0 atom stereocenters. The van der Waals surface area contributed by atoms with Gasteiger partial charge in [-0.3, -0.25) is 9.59 Å². The molecule has 0 fully saturated rings. The molecule has 1 aliphatic rings. The van der Waals surface area contributed by atoms with Crippen LogP contribution in [0, 0.1) is 0 Å². The van der Waals surface area contributed by atoms with Crippen molar-refractivity contribution in [1.82, 2.24) is 0 Å². The van der Waals surface area contributed by atoms with Gasteiger partial charge < -0.3 is 4.18 Å². The molecule has 0 spiro atoms. The zero-order valence-electron chi connectivity index (χ0n) is 14.1. The van der Waals surface area contributed by atoms with Crippen LogP contribution in [0.3, 0.4) is 0 Å². The standard InChI is InChI=1S/C21H14O5S/c22-20-15-9-4-5-10-16(15)21(23)19-17(20)11-6-12-18(19)26-27(24,25)13-14-7-2-1-3-8-14/h1-12H,13H2. The Morgan fingerprint density at radius 1 is 0.667 bits per heavy atom. The molecule has 3 aromatic carbocycles. The van der Waals surface area contributed by atoms with E-state index >= 15 is 0 Å². The van der Waals surface area contributed by atoms with Crippen LogP contribution in [0.25, 0.3) is 0 Å². The van der Waals surface area contributed by atoms with Crippen molar-refractivity contribution < 1.29 is 22.2 Å². The van der Waals surface area contributed by atoms with E-state index in [1.54, 1.807) is 54.6 Å². The molecule has 134 valence electrons. The van der Waals surface area contributed by atoms with E-state index in [1.165, 1.54) is 18.2 Å². The summed E-state index contributed by atoms with van der Waals surface area (Å²) in [7, 11) is -4.00. The van der Waals surface area contributed by atoms with E-state index in [4.69, 9.17) is 4.18 Å². The Bertz CT molecular complexity index is 1160. The fourth-order valence-electron chi connectivity index (χ4n) is 3.13. The van der Waals surface area contributed by atoms with Crippen molar-refractivity contribution in [1.29, 1.82) is 0 Å². The molecule has 27 heavy (non-hydrogen) atoms. The molecule has 0 unspecified atom stereocenters. The van der Waals surface area contributed by atoms with Crippen molar-refractivity contribution in [2.24, 2.45) is 0 Å². The second-order valence-corrected chi connectivity index (χ2v) is 7.72. The average Bonchev–Trinajstić information content (AvgIpc) is 2.66. The van der Waals surface area contributed by atoms with Gasteiger partial charge in [-0.25, -0.2) is 0 Å². The van der Waals surface area contributed by atoms with E-state index in [0.29, 0.717) is 11.1 Å². The summed E-state index contributed by atoms with van der Waals surface area (Å²) in [6.07, 6.45) is 0. The summed E-state index contributed by atoms with van der Waals surface area (Å²) in [5.74, 6) is -1.22. The Hall–Kier alpha value is -3.25. The monoisotopic (exact) mass is 378 g/mol. The topological polar surface area (TPSA) is 77.5 Å². The normalized spacial score (nSPS) is 13.0. The van der Waals surface area contributed by atoms with E-state index < -0.39 is 15.9 Å². The number of hydrogen-bond acceptors (Lipinski definition) is 5. The molecule has 1 aliphatic carbocycles. The number of rotatable bonds is 4. The van der Waals surface area contributed by atoms with Crippen LogP contribution in [-0.4, -0.2) is 20.0 Å². The molecule has 0 amide bonds. The van der Waals surface area contributed by atoms with Crippen LogP contribution in [0.1, 0.15) is 37.4 Å². The molecule has 4 rings (SSSR count). The summed E-state index contributed by atoms with van der Waals surface area (Å²) in [5.41, 5.74) is 1.24. The first-order valence-electron chi connectivity index (χ1n) is 8.24. The highest BCUT2D eigenvalue weighted by Crippen LogP contribution is 2.34. The fourth-order valence-corrected chi connectivity index (χ4v) is 4.20. The van der Waals surface area contributed by atoms with Crippen molar-refractivity contribution in [3.8, 4) is 5.75 Å². The lowest BCUT2D eigenvalue weighted by Crippen LogP contribution is -2.23. The minimum absolute atomic E-state index is 0.0159. The van der Waals surface area contributed by atoms with Crippen molar-refractivity contribution in [2.75, 3.05) is 0 Å². The van der Waals surface area contributed by atoms with Gasteiger partial charge in [0, 0.05) is 16.7 Å². The van der Waals surface area contributed by atoms with Gasteiger partial charge in [-0.2, -0.15) is 8.42 Å². The lowest BCUT2D eigenvalue weighted by atomic mass is 9.84. The largest absolute Gasteiger partial charge is 0.381 e. The van der Waals surface area contributed by atoms with E-state index in [0.717, 1.165) is 0 Å². The van der Waals surface area contributed by atoms with Crippen LogP contribution < -0.4 is 4.18 Å². The highest BCUT2D eigenvalue weighted by Gasteiger charge is 2.33. The van der Waals surface area contributed by atoms with E-state index in [1.807, 2.05) is 0 Å². The lowest BCUT2D eigenvalue weighted by Gasteiger charge is -2.19. The third kappa shape index (κ3) is 3.15. The van der Waals surface area contributed by atoms with Crippen molar-refractivity contribution in [3.05, 3.63) is 101 Å². The Morgan fingerprint density at radius 3 is 1.96 bits per heavy atom. The number of fused-ring (bicyclic) bond motifs is 2. The molecule has 0 aromatic heterocycles. The molecule has 0 radical (unpaired) electrons. The van der Waals surface area contributed by atoms with Gasteiger partial charge in [-0.15, -0.1) is 0 Å². The third-order valence-electron chi connectivity index (χ3n) is 4.32. The minimum atomic E-state index is -4.00. The highest BCUT2D eigenvalue weighted by molar-refractivity contribution is 7.86. The first kappa shape index (κ1) is 17.2. The van der Waals surface area contributed by atoms with Gasteiger partial charge >= 0.3 is 10.1 Å². The molecule has 0 N–H and O–H groups in total. The molecule has 0 heterocycles. The predicted molar refractivity (Wildman–Crippen MR) is 99.4 cm³/mol. The predicted octanol–water partition coefficient (Wildman–Crippen LogP) is 3.37. The van der Waals surface area contributed by atoms with Gasteiger partial charge in [0.2, 0.25) is 0 Å². The summed E-state index contributed by atoms with van der Waals surface area (Å²) >= 11 is 0. The maximum absolute atomic E-state index is 12.9. The number of ketones is 2. The van der Waals surface area contributed by atoms with E-state index in [-0.39, 0.29) is 34.0 Å². The van der Waals surface area contributed by atoms with Crippen LogP contribution >= 0.6 is 0 Å². The fraction of sp³-hybridized carbons (Fsp3) is 0.0476. The summed E-state index contributed by atoms with van der Waals surface area (Å²) in [6, 6.07) is 19.5. The molecule has 0 saturated carbocycles. The summed E-state index contributed by atoms with van der Waals surface area (Å²) < 4.78 is 30.2. The van der Waals surface area contributed by atoms with Gasteiger partial charge in [0.25, 0.3) is 0 Å². The molecule has 3 aromatic rings. The maximum Gasteiger partial charge on any atom is 0.313 e. The first-order chi connectivity index (χ1) is 13.0. The second-order valence-electron chi connectivity index (χ2n) is 6.15. The van der Waals surface area contributed by atoms with Crippen LogP contribution in [0.2, 0.25) is 0 Å². The van der Waals surface area contributed by atoms with Crippen molar-refractivity contribution in [3.63, 3.8) is 0 Å². The third-order valence-corrected chi connectivity index (χ3v) is 5.44. The molecule has 0 bridgehead atoms. The van der Waals surface area contributed by atoms with Gasteiger partial charge in [0.15, 0.2) is 17.3 Å². The van der Waals surface area contributed by atoms with Crippen LogP contribution in [-0.2, 0) is 15.9 Å². The van der Waals surface area contributed by atoms with Gasteiger partial charge in [0.1, 0.15) is 5.75 Å².